The average molecular weight is 369 g/mol. The van der Waals surface area contributed by atoms with Gasteiger partial charge < -0.3 is 15.0 Å². The number of rotatable bonds is 5. The molecule has 0 saturated carbocycles. The van der Waals surface area contributed by atoms with Crippen LogP contribution in [0.5, 0.6) is 0 Å². The van der Waals surface area contributed by atoms with Crippen LogP contribution < -0.4 is 5.32 Å². The number of amides is 1. The summed E-state index contributed by atoms with van der Waals surface area (Å²) in [5.74, 6) is -0.669. The molecule has 134 valence electrons. The predicted octanol–water partition coefficient (Wildman–Crippen LogP) is 2.55. The van der Waals surface area contributed by atoms with Crippen LogP contribution in [0, 0.1) is 11.3 Å². The van der Waals surface area contributed by atoms with Crippen molar-refractivity contribution < 1.29 is 14.3 Å². The van der Waals surface area contributed by atoms with Gasteiger partial charge in [0.15, 0.2) is 6.10 Å². The number of carbonyl (C=O) groups is 2. The number of nitrogens with one attached hydrogen (secondary N) is 1. The van der Waals surface area contributed by atoms with E-state index in [1.807, 2.05) is 17.5 Å². The largest absolute Gasteiger partial charge is 0.451 e. The van der Waals surface area contributed by atoms with E-state index >= 15 is 0 Å². The molecule has 2 heterocycles. The third kappa shape index (κ3) is 4.21. The van der Waals surface area contributed by atoms with E-state index in [1.54, 1.807) is 47.4 Å². The Hall–Kier alpha value is -2.85. The van der Waals surface area contributed by atoms with E-state index in [-0.39, 0.29) is 12.5 Å². The van der Waals surface area contributed by atoms with Crippen molar-refractivity contribution in [2.24, 2.45) is 0 Å². The number of fused-ring (bicyclic) bond motifs is 1. The molecule has 0 bridgehead atoms. The molecule has 7 heteroatoms. The van der Waals surface area contributed by atoms with E-state index in [0.29, 0.717) is 24.3 Å². The first kappa shape index (κ1) is 18.0. The van der Waals surface area contributed by atoms with E-state index in [1.165, 1.54) is 10.4 Å². The molecule has 1 N–H and O–H groups in total. The zero-order valence-electron chi connectivity index (χ0n) is 14.4. The van der Waals surface area contributed by atoms with E-state index in [2.05, 4.69) is 5.32 Å². The van der Waals surface area contributed by atoms with Gasteiger partial charge in [0.05, 0.1) is 11.6 Å². The standard InChI is InChI=1S/C19H19N3O3S/c1-13(19(24)22-8-6-17-15(12-22)7-9-26-17)25-18(23)11-21-16-4-2-14(10-20)3-5-16/h2-5,7,9,13,21H,6,8,11-12H2,1H3. The molecular formula is C19H19N3O3S. The Morgan fingerprint density at radius 1 is 1.35 bits per heavy atom. The number of hydrogen-bond acceptors (Lipinski definition) is 6. The molecule has 0 spiro atoms. The summed E-state index contributed by atoms with van der Waals surface area (Å²) in [6.45, 7) is 2.78. The fourth-order valence-corrected chi connectivity index (χ4v) is 3.71. The van der Waals surface area contributed by atoms with Crippen LogP contribution in [0.1, 0.15) is 22.9 Å². The first-order valence-corrected chi connectivity index (χ1v) is 9.22. The number of nitriles is 1. The fourth-order valence-electron chi connectivity index (χ4n) is 2.82. The number of hydrogen-bond donors (Lipinski definition) is 1. The van der Waals surface area contributed by atoms with Gasteiger partial charge in [-0.2, -0.15) is 5.26 Å². The monoisotopic (exact) mass is 369 g/mol. The third-order valence-corrected chi connectivity index (χ3v) is 5.25. The first-order chi connectivity index (χ1) is 12.6. The maximum Gasteiger partial charge on any atom is 0.326 e. The second kappa shape index (κ2) is 8.02. The molecule has 1 aliphatic rings. The van der Waals surface area contributed by atoms with E-state index in [0.717, 1.165) is 6.42 Å². The highest BCUT2D eigenvalue weighted by Gasteiger charge is 2.27. The Kier molecular flexibility index (Phi) is 5.54. The molecule has 1 amide bonds. The van der Waals surface area contributed by atoms with E-state index in [4.69, 9.17) is 10.00 Å². The lowest BCUT2D eigenvalue weighted by atomic mass is 10.1. The lowest BCUT2D eigenvalue weighted by Gasteiger charge is -2.29. The number of anilines is 1. The quantitative estimate of drug-likeness (QED) is 0.819. The fraction of sp³-hybridized carbons (Fsp3) is 0.316. The summed E-state index contributed by atoms with van der Waals surface area (Å²) in [6, 6.07) is 10.8. The summed E-state index contributed by atoms with van der Waals surface area (Å²) in [4.78, 5) is 27.6. The van der Waals surface area contributed by atoms with Gasteiger partial charge in [-0.25, -0.2) is 0 Å². The topological polar surface area (TPSA) is 82.4 Å². The third-order valence-electron chi connectivity index (χ3n) is 4.23. The van der Waals surface area contributed by atoms with Crippen molar-refractivity contribution >= 4 is 28.9 Å². The molecule has 2 aromatic rings. The molecule has 1 aromatic heterocycles. The minimum Gasteiger partial charge on any atom is -0.451 e. The molecule has 1 atom stereocenters. The summed E-state index contributed by atoms with van der Waals surface area (Å²) in [5, 5.41) is 13.7. The average Bonchev–Trinajstić information content (AvgIpc) is 3.13. The number of benzene rings is 1. The van der Waals surface area contributed by atoms with Gasteiger partial charge in [-0.1, -0.05) is 0 Å². The minimum absolute atomic E-state index is 0.0435. The van der Waals surface area contributed by atoms with Gasteiger partial charge in [0.1, 0.15) is 6.54 Å². The van der Waals surface area contributed by atoms with Crippen molar-refractivity contribution in [3.8, 4) is 6.07 Å². The van der Waals surface area contributed by atoms with Crippen LogP contribution in [0.25, 0.3) is 0 Å². The van der Waals surface area contributed by atoms with Gasteiger partial charge in [0.25, 0.3) is 5.91 Å². The van der Waals surface area contributed by atoms with Crippen LogP contribution in [0.2, 0.25) is 0 Å². The molecule has 0 aliphatic carbocycles. The summed E-state index contributed by atoms with van der Waals surface area (Å²) in [7, 11) is 0. The summed E-state index contributed by atoms with van der Waals surface area (Å²) >= 11 is 1.72. The molecule has 1 aromatic carbocycles. The Morgan fingerprint density at radius 2 is 2.12 bits per heavy atom. The van der Waals surface area contributed by atoms with E-state index in [9.17, 15) is 9.59 Å². The highest BCUT2D eigenvalue weighted by atomic mass is 32.1. The zero-order chi connectivity index (χ0) is 18.5. The van der Waals surface area contributed by atoms with Crippen molar-refractivity contribution in [3.05, 3.63) is 51.7 Å². The Balaban J connectivity index is 1.47. The second-order valence-electron chi connectivity index (χ2n) is 6.05. The number of nitrogens with zero attached hydrogens (tertiary/aromatic N) is 2. The highest BCUT2D eigenvalue weighted by Crippen LogP contribution is 2.24. The molecule has 1 aliphatic heterocycles. The van der Waals surface area contributed by atoms with Crippen molar-refractivity contribution in [1.82, 2.24) is 4.90 Å². The maximum absolute atomic E-state index is 12.5. The molecule has 26 heavy (non-hydrogen) atoms. The SMILES string of the molecule is CC(OC(=O)CNc1ccc(C#N)cc1)C(=O)N1CCc2sccc2C1. The Morgan fingerprint density at radius 3 is 2.85 bits per heavy atom. The second-order valence-corrected chi connectivity index (χ2v) is 7.05. The van der Waals surface area contributed by atoms with Crippen molar-refractivity contribution in [2.75, 3.05) is 18.4 Å². The molecule has 3 rings (SSSR count). The maximum atomic E-state index is 12.5. The normalized spacial score (nSPS) is 14.1. The van der Waals surface area contributed by atoms with Crippen LogP contribution in [0.15, 0.2) is 35.7 Å². The lowest BCUT2D eigenvalue weighted by molar-refractivity contribution is -0.158. The molecular weight excluding hydrogens is 350 g/mol. The lowest BCUT2D eigenvalue weighted by Crippen LogP contribution is -2.42. The van der Waals surface area contributed by atoms with Crippen LogP contribution in [0.4, 0.5) is 5.69 Å². The Bertz CT molecular complexity index is 838. The number of ether oxygens (including phenoxy) is 1. The summed E-state index contributed by atoms with van der Waals surface area (Å²) < 4.78 is 5.26. The summed E-state index contributed by atoms with van der Waals surface area (Å²) in [5.41, 5.74) is 2.43. The van der Waals surface area contributed by atoms with Gasteiger partial charge >= 0.3 is 5.97 Å². The number of thiophene rings is 1. The molecule has 1 unspecified atom stereocenters. The van der Waals surface area contributed by atoms with Gasteiger partial charge in [-0.3, -0.25) is 9.59 Å². The van der Waals surface area contributed by atoms with Gasteiger partial charge in [0.2, 0.25) is 0 Å². The van der Waals surface area contributed by atoms with Gasteiger partial charge in [-0.15, -0.1) is 11.3 Å². The van der Waals surface area contributed by atoms with Crippen molar-refractivity contribution in [3.63, 3.8) is 0 Å². The first-order valence-electron chi connectivity index (χ1n) is 8.34. The van der Waals surface area contributed by atoms with Gasteiger partial charge in [-0.05, 0) is 54.6 Å². The van der Waals surface area contributed by atoms with Crippen LogP contribution in [-0.4, -0.2) is 36.0 Å². The molecule has 0 fully saturated rings. The molecule has 0 radical (unpaired) electrons. The predicted molar refractivity (Wildman–Crippen MR) is 98.6 cm³/mol. The zero-order valence-corrected chi connectivity index (χ0v) is 15.2. The van der Waals surface area contributed by atoms with Gasteiger partial charge in [0, 0.05) is 23.7 Å². The molecule has 6 nitrogen and oxygen atoms in total. The summed E-state index contributed by atoms with van der Waals surface area (Å²) in [6.07, 6.45) is 0.0325. The smallest absolute Gasteiger partial charge is 0.326 e. The van der Waals surface area contributed by atoms with Crippen molar-refractivity contribution in [2.45, 2.75) is 26.0 Å². The van der Waals surface area contributed by atoms with Crippen LogP contribution in [0.3, 0.4) is 0 Å². The van der Waals surface area contributed by atoms with E-state index < -0.39 is 12.1 Å². The van der Waals surface area contributed by atoms with Crippen molar-refractivity contribution in [1.29, 1.82) is 5.26 Å². The minimum atomic E-state index is -0.814. The number of esters is 1. The van der Waals surface area contributed by atoms with Crippen LogP contribution >= 0.6 is 11.3 Å². The van der Waals surface area contributed by atoms with Crippen LogP contribution in [-0.2, 0) is 27.3 Å². The number of carbonyl (C=O) groups excluding carboxylic acids is 2. The Labute approximate surface area is 156 Å². The molecule has 0 saturated heterocycles. The highest BCUT2D eigenvalue weighted by molar-refractivity contribution is 7.10.